The van der Waals surface area contributed by atoms with E-state index < -0.39 is 0 Å². The molecular formula is C14H21N3O2S. The van der Waals surface area contributed by atoms with E-state index in [0.717, 1.165) is 11.4 Å². The minimum atomic E-state index is 0.0274. The SMILES string of the molecule is COc1ccc(N(C)CC(=O)N(C)CCC(N)=S)cc1. The van der Waals surface area contributed by atoms with Crippen LogP contribution in [0.25, 0.3) is 0 Å². The van der Waals surface area contributed by atoms with Crippen molar-refractivity contribution in [2.45, 2.75) is 6.42 Å². The number of methoxy groups -OCH3 is 1. The summed E-state index contributed by atoms with van der Waals surface area (Å²) in [5, 5.41) is 0. The van der Waals surface area contributed by atoms with E-state index in [4.69, 9.17) is 22.7 Å². The van der Waals surface area contributed by atoms with Crippen molar-refractivity contribution in [2.75, 3.05) is 39.2 Å². The first-order chi connectivity index (χ1) is 9.43. The third-order valence-corrected chi connectivity index (χ3v) is 3.21. The number of nitrogens with two attached hydrogens (primary N) is 1. The summed E-state index contributed by atoms with van der Waals surface area (Å²) in [6.07, 6.45) is 0.545. The Balaban J connectivity index is 2.53. The van der Waals surface area contributed by atoms with Gasteiger partial charge in [-0.1, -0.05) is 12.2 Å². The van der Waals surface area contributed by atoms with Gasteiger partial charge in [0.1, 0.15) is 5.75 Å². The molecule has 20 heavy (non-hydrogen) atoms. The van der Waals surface area contributed by atoms with Crippen molar-refractivity contribution >= 4 is 28.8 Å². The van der Waals surface area contributed by atoms with E-state index in [1.165, 1.54) is 0 Å². The first kappa shape index (κ1) is 16.2. The van der Waals surface area contributed by atoms with Gasteiger partial charge in [0.2, 0.25) is 5.91 Å². The van der Waals surface area contributed by atoms with Gasteiger partial charge in [0.15, 0.2) is 0 Å². The van der Waals surface area contributed by atoms with Crippen LogP contribution in [0.3, 0.4) is 0 Å². The van der Waals surface area contributed by atoms with Crippen LogP contribution in [0.5, 0.6) is 5.75 Å². The number of likely N-dealkylation sites (N-methyl/N-ethyl adjacent to an activating group) is 2. The molecule has 0 aliphatic carbocycles. The Kier molecular flexibility index (Phi) is 6.24. The van der Waals surface area contributed by atoms with Crippen LogP contribution in [0.1, 0.15) is 6.42 Å². The lowest BCUT2D eigenvalue weighted by Crippen LogP contribution is -2.38. The van der Waals surface area contributed by atoms with Crippen LogP contribution >= 0.6 is 12.2 Å². The van der Waals surface area contributed by atoms with Gasteiger partial charge in [-0.3, -0.25) is 4.79 Å². The summed E-state index contributed by atoms with van der Waals surface area (Å²) in [5.74, 6) is 0.821. The van der Waals surface area contributed by atoms with Crippen molar-refractivity contribution < 1.29 is 9.53 Å². The van der Waals surface area contributed by atoms with Crippen LogP contribution in [-0.2, 0) is 4.79 Å². The van der Waals surface area contributed by atoms with Gasteiger partial charge in [-0.2, -0.15) is 0 Å². The molecule has 0 saturated carbocycles. The molecule has 110 valence electrons. The molecule has 1 amide bonds. The number of rotatable bonds is 7. The van der Waals surface area contributed by atoms with E-state index in [-0.39, 0.29) is 5.91 Å². The van der Waals surface area contributed by atoms with E-state index in [2.05, 4.69) is 0 Å². The summed E-state index contributed by atoms with van der Waals surface area (Å²) >= 11 is 4.81. The van der Waals surface area contributed by atoms with E-state index in [1.54, 1.807) is 19.1 Å². The molecule has 0 bridgehead atoms. The lowest BCUT2D eigenvalue weighted by molar-refractivity contribution is -0.128. The van der Waals surface area contributed by atoms with Gasteiger partial charge in [-0.25, -0.2) is 0 Å². The Labute approximate surface area is 125 Å². The van der Waals surface area contributed by atoms with Gasteiger partial charge < -0.3 is 20.3 Å². The Morgan fingerprint density at radius 3 is 2.40 bits per heavy atom. The normalized spacial score (nSPS) is 9.95. The number of nitrogens with zero attached hydrogens (tertiary/aromatic N) is 2. The number of benzene rings is 1. The summed E-state index contributed by atoms with van der Waals surface area (Å²) in [6.45, 7) is 0.852. The standard InChI is InChI=1S/C14H21N3O2S/c1-16(9-8-13(15)20)14(18)10-17(2)11-4-6-12(19-3)7-5-11/h4-7H,8-10H2,1-3H3,(H2,15,20). The number of carbonyl (C=O) groups is 1. The Morgan fingerprint density at radius 1 is 1.30 bits per heavy atom. The molecule has 0 aliphatic heterocycles. The largest absolute Gasteiger partial charge is 0.497 e. The molecule has 0 radical (unpaired) electrons. The number of amides is 1. The zero-order chi connectivity index (χ0) is 15.1. The maximum atomic E-state index is 12.0. The molecule has 0 fully saturated rings. The van der Waals surface area contributed by atoms with Crippen LogP contribution in [0.2, 0.25) is 0 Å². The topological polar surface area (TPSA) is 58.8 Å². The smallest absolute Gasteiger partial charge is 0.241 e. The fraction of sp³-hybridized carbons (Fsp3) is 0.429. The van der Waals surface area contributed by atoms with E-state index in [9.17, 15) is 4.79 Å². The first-order valence-electron chi connectivity index (χ1n) is 6.31. The number of carbonyl (C=O) groups excluding carboxylic acids is 1. The predicted octanol–water partition coefficient (Wildman–Crippen LogP) is 1.27. The third-order valence-electron chi connectivity index (χ3n) is 3.00. The summed E-state index contributed by atoms with van der Waals surface area (Å²) in [6, 6.07) is 7.57. The van der Waals surface area contributed by atoms with Crippen LogP contribution in [-0.4, -0.2) is 50.1 Å². The summed E-state index contributed by atoms with van der Waals surface area (Å²) in [4.78, 5) is 16.0. The Morgan fingerprint density at radius 2 is 1.90 bits per heavy atom. The molecule has 1 aromatic carbocycles. The zero-order valence-electron chi connectivity index (χ0n) is 12.1. The molecule has 2 N–H and O–H groups in total. The summed E-state index contributed by atoms with van der Waals surface area (Å²) in [7, 11) is 5.25. The number of ether oxygens (including phenoxy) is 1. The maximum Gasteiger partial charge on any atom is 0.241 e. The van der Waals surface area contributed by atoms with Crippen LogP contribution in [0.15, 0.2) is 24.3 Å². The molecular weight excluding hydrogens is 274 g/mol. The van der Waals surface area contributed by atoms with Gasteiger partial charge >= 0.3 is 0 Å². The second-order valence-electron chi connectivity index (χ2n) is 4.59. The average molecular weight is 295 g/mol. The zero-order valence-corrected chi connectivity index (χ0v) is 12.9. The third kappa shape index (κ3) is 5.05. The molecule has 0 unspecified atom stereocenters. The quantitative estimate of drug-likeness (QED) is 0.768. The number of thiocarbonyl (C=S) groups is 1. The highest BCUT2D eigenvalue weighted by atomic mass is 32.1. The van der Waals surface area contributed by atoms with Crippen LogP contribution in [0.4, 0.5) is 5.69 Å². The molecule has 0 atom stereocenters. The second-order valence-corrected chi connectivity index (χ2v) is 5.11. The molecule has 0 heterocycles. The van der Waals surface area contributed by atoms with Gasteiger partial charge in [-0.05, 0) is 24.3 Å². The van der Waals surface area contributed by atoms with Crippen molar-refractivity contribution in [3.63, 3.8) is 0 Å². The monoisotopic (exact) mass is 295 g/mol. The lowest BCUT2D eigenvalue weighted by Gasteiger charge is -2.23. The van der Waals surface area contributed by atoms with Gasteiger partial charge in [0.25, 0.3) is 0 Å². The Hall–Kier alpha value is -1.82. The average Bonchev–Trinajstić information content (AvgIpc) is 2.44. The highest BCUT2D eigenvalue weighted by molar-refractivity contribution is 7.80. The summed E-state index contributed by atoms with van der Waals surface area (Å²) < 4.78 is 5.10. The number of hydrogen-bond donors (Lipinski definition) is 1. The van der Waals surface area contributed by atoms with Crippen LogP contribution in [0, 0.1) is 0 Å². The molecule has 0 aliphatic rings. The highest BCUT2D eigenvalue weighted by Crippen LogP contribution is 2.17. The van der Waals surface area contributed by atoms with Gasteiger partial charge in [0, 0.05) is 32.7 Å². The van der Waals surface area contributed by atoms with Crippen molar-refractivity contribution in [1.29, 1.82) is 0 Å². The lowest BCUT2D eigenvalue weighted by atomic mass is 10.2. The highest BCUT2D eigenvalue weighted by Gasteiger charge is 2.12. The number of anilines is 1. The minimum Gasteiger partial charge on any atom is -0.497 e. The molecule has 0 aromatic heterocycles. The molecule has 6 heteroatoms. The fourth-order valence-corrected chi connectivity index (χ4v) is 1.75. The maximum absolute atomic E-state index is 12.0. The molecule has 0 saturated heterocycles. The van der Waals surface area contributed by atoms with Gasteiger partial charge in [0.05, 0.1) is 18.6 Å². The molecule has 0 spiro atoms. The molecule has 1 aromatic rings. The first-order valence-corrected chi connectivity index (χ1v) is 6.72. The minimum absolute atomic E-state index is 0.0274. The van der Waals surface area contributed by atoms with Crippen LogP contribution < -0.4 is 15.4 Å². The van der Waals surface area contributed by atoms with E-state index in [1.807, 2.05) is 36.2 Å². The Bertz CT molecular complexity index is 462. The van der Waals surface area contributed by atoms with E-state index in [0.29, 0.717) is 24.5 Å². The second kappa shape index (κ2) is 7.69. The summed E-state index contributed by atoms with van der Waals surface area (Å²) in [5.41, 5.74) is 6.39. The van der Waals surface area contributed by atoms with Gasteiger partial charge in [-0.15, -0.1) is 0 Å². The predicted molar refractivity (Wildman–Crippen MR) is 85.3 cm³/mol. The van der Waals surface area contributed by atoms with Crippen molar-refractivity contribution in [3.8, 4) is 5.75 Å². The molecule has 5 nitrogen and oxygen atoms in total. The number of hydrogen-bond acceptors (Lipinski definition) is 4. The van der Waals surface area contributed by atoms with E-state index >= 15 is 0 Å². The van der Waals surface area contributed by atoms with Crippen molar-refractivity contribution in [3.05, 3.63) is 24.3 Å². The molecule has 1 rings (SSSR count). The fourth-order valence-electron chi connectivity index (χ4n) is 1.65. The van der Waals surface area contributed by atoms with Crippen molar-refractivity contribution in [1.82, 2.24) is 4.90 Å². The van der Waals surface area contributed by atoms with Crippen molar-refractivity contribution in [2.24, 2.45) is 5.73 Å².